The van der Waals surface area contributed by atoms with E-state index in [1.807, 2.05) is 0 Å². The van der Waals surface area contributed by atoms with Crippen molar-refractivity contribution in [2.75, 3.05) is 5.73 Å². The molecule has 0 spiro atoms. The summed E-state index contributed by atoms with van der Waals surface area (Å²) in [6.45, 7) is -0.169. The van der Waals surface area contributed by atoms with E-state index in [0.29, 0.717) is 10.6 Å². The predicted molar refractivity (Wildman–Crippen MR) is 71.1 cm³/mol. The molecule has 0 unspecified atom stereocenters. The van der Waals surface area contributed by atoms with Crippen LogP contribution in [-0.2, 0) is 11.3 Å². The van der Waals surface area contributed by atoms with Crippen molar-refractivity contribution in [2.24, 2.45) is 5.10 Å². The van der Waals surface area contributed by atoms with Gasteiger partial charge in [0.05, 0.1) is 6.21 Å². The van der Waals surface area contributed by atoms with Gasteiger partial charge in [0.25, 0.3) is 5.91 Å². The molecule has 104 valence electrons. The molecule has 1 heterocycles. The lowest BCUT2D eigenvalue weighted by Gasteiger charge is -2.01. The summed E-state index contributed by atoms with van der Waals surface area (Å²) in [4.78, 5) is 11.5. The highest BCUT2D eigenvalue weighted by Crippen LogP contribution is 2.19. The lowest BCUT2D eigenvalue weighted by atomic mass is 10.2. The van der Waals surface area contributed by atoms with Crippen molar-refractivity contribution in [3.8, 4) is 5.75 Å². The molecular weight excluding hydrogens is 286 g/mol. The Bertz CT molecular complexity index is 655. The quantitative estimate of drug-likeness (QED) is 0.527. The van der Waals surface area contributed by atoms with Crippen LogP contribution in [0.4, 0.5) is 5.95 Å². The highest BCUT2D eigenvalue weighted by atomic mass is 35.5. The van der Waals surface area contributed by atoms with Gasteiger partial charge in [0.2, 0.25) is 5.95 Å². The molecule has 1 aromatic carbocycles. The van der Waals surface area contributed by atoms with Crippen LogP contribution in [0.3, 0.4) is 0 Å². The summed E-state index contributed by atoms with van der Waals surface area (Å²) >= 11 is 5.77. The van der Waals surface area contributed by atoms with Crippen LogP contribution in [-0.4, -0.2) is 37.4 Å². The number of anilines is 1. The highest BCUT2D eigenvalue weighted by Gasteiger charge is 2.06. The summed E-state index contributed by atoms with van der Waals surface area (Å²) < 4.78 is 1.11. The van der Waals surface area contributed by atoms with Crippen LogP contribution >= 0.6 is 11.6 Å². The Hall–Kier alpha value is -2.68. The van der Waals surface area contributed by atoms with Gasteiger partial charge in [0, 0.05) is 10.6 Å². The predicted octanol–water partition coefficient (Wildman–Crippen LogP) is -0.235. The maximum Gasteiger partial charge on any atom is 0.261 e. The molecule has 9 nitrogen and oxygen atoms in total. The standard InChI is InChI=1S/C10H10ClN7O2/c11-7-1-2-8(19)6(3-7)4-13-14-9(20)5-18-10(12)15-16-17-18/h1-4,19H,5H2,(H,14,20)(H2,12,15,17)/b13-4-. The third-order valence-corrected chi connectivity index (χ3v) is 2.47. The number of rotatable bonds is 4. The molecule has 0 aliphatic rings. The van der Waals surface area contributed by atoms with Gasteiger partial charge in [-0.1, -0.05) is 16.7 Å². The van der Waals surface area contributed by atoms with Crippen molar-refractivity contribution < 1.29 is 9.90 Å². The fourth-order valence-electron chi connectivity index (χ4n) is 1.30. The number of phenols is 1. The number of hydrogen-bond donors (Lipinski definition) is 3. The Labute approximate surface area is 118 Å². The minimum Gasteiger partial charge on any atom is -0.507 e. The zero-order valence-corrected chi connectivity index (χ0v) is 10.8. The number of tetrazole rings is 1. The average Bonchev–Trinajstić information content (AvgIpc) is 2.79. The summed E-state index contributed by atoms with van der Waals surface area (Å²) in [7, 11) is 0. The van der Waals surface area contributed by atoms with E-state index in [1.54, 1.807) is 0 Å². The second-order valence-corrected chi connectivity index (χ2v) is 4.13. The molecule has 10 heteroatoms. The number of nitrogens with one attached hydrogen (secondary N) is 1. The van der Waals surface area contributed by atoms with Crippen molar-refractivity contribution in [3.05, 3.63) is 28.8 Å². The van der Waals surface area contributed by atoms with E-state index in [4.69, 9.17) is 17.3 Å². The molecule has 0 saturated heterocycles. The second-order valence-electron chi connectivity index (χ2n) is 3.69. The Morgan fingerprint density at radius 3 is 3.10 bits per heavy atom. The normalized spacial score (nSPS) is 10.8. The number of carbonyl (C=O) groups excluding carboxylic acids is 1. The Kier molecular flexibility index (Phi) is 4.11. The SMILES string of the molecule is Nc1nnnn1CC(=O)N/N=C\c1cc(Cl)ccc1O. The Balaban J connectivity index is 1.94. The first kappa shape index (κ1) is 13.7. The van der Waals surface area contributed by atoms with Gasteiger partial charge in [-0.3, -0.25) is 4.79 Å². The number of carbonyl (C=O) groups is 1. The minimum atomic E-state index is -0.471. The van der Waals surface area contributed by atoms with Crippen LogP contribution in [0.15, 0.2) is 23.3 Å². The van der Waals surface area contributed by atoms with Crippen molar-refractivity contribution in [1.82, 2.24) is 25.6 Å². The summed E-state index contributed by atoms with van der Waals surface area (Å²) in [5.41, 5.74) is 8.03. The topological polar surface area (TPSA) is 131 Å². The van der Waals surface area contributed by atoms with Crippen LogP contribution in [0.1, 0.15) is 5.56 Å². The van der Waals surface area contributed by atoms with Gasteiger partial charge in [-0.2, -0.15) is 5.10 Å². The van der Waals surface area contributed by atoms with Crippen LogP contribution < -0.4 is 11.2 Å². The van der Waals surface area contributed by atoms with Gasteiger partial charge < -0.3 is 10.8 Å². The van der Waals surface area contributed by atoms with Crippen molar-refractivity contribution >= 4 is 29.7 Å². The average molecular weight is 296 g/mol. The van der Waals surface area contributed by atoms with E-state index < -0.39 is 5.91 Å². The minimum absolute atomic E-state index is 0.00267. The number of benzene rings is 1. The summed E-state index contributed by atoms with van der Waals surface area (Å²) in [6.07, 6.45) is 1.27. The Morgan fingerprint density at radius 2 is 2.40 bits per heavy atom. The number of nitrogens with zero attached hydrogens (tertiary/aromatic N) is 5. The second kappa shape index (κ2) is 5.97. The monoisotopic (exact) mass is 295 g/mol. The molecule has 4 N–H and O–H groups in total. The van der Waals surface area contributed by atoms with Crippen LogP contribution in [0, 0.1) is 0 Å². The maximum absolute atomic E-state index is 11.5. The Morgan fingerprint density at radius 1 is 1.60 bits per heavy atom. The fraction of sp³-hybridized carbons (Fsp3) is 0.100. The van der Waals surface area contributed by atoms with Crippen LogP contribution in [0.25, 0.3) is 0 Å². The lowest BCUT2D eigenvalue weighted by Crippen LogP contribution is -2.24. The first-order valence-corrected chi connectivity index (χ1v) is 5.76. The smallest absolute Gasteiger partial charge is 0.261 e. The number of phenolic OH excluding ortho intramolecular Hbond substituents is 1. The van der Waals surface area contributed by atoms with Crippen LogP contribution in [0.5, 0.6) is 5.75 Å². The van der Waals surface area contributed by atoms with E-state index in [1.165, 1.54) is 24.4 Å². The molecule has 1 amide bonds. The first-order valence-electron chi connectivity index (χ1n) is 5.38. The molecule has 0 saturated carbocycles. The van der Waals surface area contributed by atoms with E-state index in [0.717, 1.165) is 4.68 Å². The van der Waals surface area contributed by atoms with Gasteiger partial charge in [-0.25, -0.2) is 10.1 Å². The molecule has 20 heavy (non-hydrogen) atoms. The van der Waals surface area contributed by atoms with E-state index in [-0.39, 0.29) is 18.2 Å². The number of nitrogen functional groups attached to an aromatic ring is 1. The number of halogens is 1. The van der Waals surface area contributed by atoms with Gasteiger partial charge in [-0.05, 0) is 28.6 Å². The van der Waals surface area contributed by atoms with E-state index in [2.05, 4.69) is 26.1 Å². The molecule has 2 rings (SSSR count). The van der Waals surface area contributed by atoms with E-state index in [9.17, 15) is 9.90 Å². The van der Waals surface area contributed by atoms with Crippen molar-refractivity contribution in [1.29, 1.82) is 0 Å². The van der Waals surface area contributed by atoms with Gasteiger partial charge in [-0.15, -0.1) is 0 Å². The number of aromatic hydroxyl groups is 1. The van der Waals surface area contributed by atoms with Crippen molar-refractivity contribution in [3.63, 3.8) is 0 Å². The third kappa shape index (κ3) is 3.42. The zero-order valence-electron chi connectivity index (χ0n) is 10.1. The van der Waals surface area contributed by atoms with Gasteiger partial charge >= 0.3 is 0 Å². The molecule has 0 radical (unpaired) electrons. The molecule has 0 atom stereocenters. The van der Waals surface area contributed by atoms with E-state index >= 15 is 0 Å². The number of hydrazone groups is 1. The highest BCUT2D eigenvalue weighted by molar-refractivity contribution is 6.30. The zero-order chi connectivity index (χ0) is 14.5. The molecule has 0 fully saturated rings. The number of amides is 1. The first-order chi connectivity index (χ1) is 9.56. The molecule has 1 aromatic heterocycles. The molecule has 0 aliphatic heterocycles. The maximum atomic E-state index is 11.5. The lowest BCUT2D eigenvalue weighted by molar-refractivity contribution is -0.121. The van der Waals surface area contributed by atoms with Gasteiger partial charge in [0.15, 0.2) is 0 Å². The molecular formula is C10H10ClN7O2. The fourth-order valence-corrected chi connectivity index (χ4v) is 1.48. The summed E-state index contributed by atoms with van der Waals surface area (Å²) in [5, 5.41) is 23.9. The number of aromatic nitrogens is 4. The molecule has 0 aliphatic carbocycles. The molecule has 0 bridgehead atoms. The number of nitrogens with two attached hydrogens (primary N) is 1. The summed E-state index contributed by atoms with van der Waals surface area (Å²) in [6, 6.07) is 4.46. The third-order valence-electron chi connectivity index (χ3n) is 2.24. The largest absolute Gasteiger partial charge is 0.507 e. The number of hydrogen-bond acceptors (Lipinski definition) is 7. The van der Waals surface area contributed by atoms with Crippen LogP contribution in [0.2, 0.25) is 5.02 Å². The van der Waals surface area contributed by atoms with Gasteiger partial charge in [0.1, 0.15) is 12.3 Å². The molecule has 2 aromatic rings. The summed E-state index contributed by atoms with van der Waals surface area (Å²) in [5.74, 6) is -0.449. The van der Waals surface area contributed by atoms with Crippen molar-refractivity contribution in [2.45, 2.75) is 6.54 Å².